The summed E-state index contributed by atoms with van der Waals surface area (Å²) in [6.07, 6.45) is -4.64. The first-order valence-electron chi connectivity index (χ1n) is 13.7. The molecular formula is C29H29F5N2O9S3. The molecule has 1 fully saturated rings. The van der Waals surface area contributed by atoms with Gasteiger partial charge in [-0.1, -0.05) is 37.4 Å². The van der Waals surface area contributed by atoms with E-state index < -0.39 is 94.6 Å². The Labute approximate surface area is 279 Å². The van der Waals surface area contributed by atoms with Gasteiger partial charge in [-0.05, 0) is 49.0 Å². The van der Waals surface area contributed by atoms with Gasteiger partial charge < -0.3 is 0 Å². The van der Waals surface area contributed by atoms with Crippen molar-refractivity contribution in [1.29, 1.82) is 0 Å². The maximum atomic E-state index is 13.4. The molecule has 262 valence electrons. The smallest absolute Gasteiger partial charge is 0.298 e. The Hall–Kier alpha value is -3.58. The lowest BCUT2D eigenvalue weighted by molar-refractivity contribution is -0.385. The zero-order valence-corrected chi connectivity index (χ0v) is 28.4. The predicted octanol–water partition coefficient (Wildman–Crippen LogP) is 6.36. The van der Waals surface area contributed by atoms with Crippen LogP contribution in [0.25, 0.3) is 0 Å². The Morgan fingerprint density at radius 1 is 1.02 bits per heavy atom. The molecular weight excluding hydrogens is 712 g/mol. The lowest BCUT2D eigenvalue weighted by Gasteiger charge is -2.21. The molecule has 1 heterocycles. The maximum Gasteiger partial charge on any atom is 0.434 e. The van der Waals surface area contributed by atoms with Crippen molar-refractivity contribution in [2.45, 2.75) is 57.0 Å². The molecule has 0 spiro atoms. The van der Waals surface area contributed by atoms with Crippen molar-refractivity contribution in [3.05, 3.63) is 62.0 Å². The van der Waals surface area contributed by atoms with Gasteiger partial charge in [0.25, 0.3) is 12.1 Å². The van der Waals surface area contributed by atoms with Gasteiger partial charge in [0, 0.05) is 25.2 Å². The number of halogens is 5. The van der Waals surface area contributed by atoms with Crippen LogP contribution in [0.4, 0.5) is 27.6 Å². The highest BCUT2D eigenvalue weighted by molar-refractivity contribution is 8.13. The third kappa shape index (κ3) is 9.52. The number of thioether (sulfide) groups is 2. The zero-order chi connectivity index (χ0) is 36.9. The van der Waals surface area contributed by atoms with Crippen LogP contribution < -0.4 is 0 Å². The second-order valence-corrected chi connectivity index (χ2v) is 14.3. The first-order chi connectivity index (χ1) is 22.1. The second kappa shape index (κ2) is 16.2. The number of Topliss-reactive ketones (excluding diaryl/α,β-unsaturated/α-hetero) is 3. The number of nitro benzene ring substituents is 1. The minimum absolute atomic E-state index is 0.0668. The molecule has 1 aromatic carbocycles. The molecule has 48 heavy (non-hydrogen) atoms. The number of nitro groups is 1. The molecule has 19 heteroatoms. The quantitative estimate of drug-likeness (QED) is 0.0916. The Morgan fingerprint density at radius 2 is 1.54 bits per heavy atom. The van der Waals surface area contributed by atoms with E-state index in [2.05, 4.69) is 4.98 Å². The van der Waals surface area contributed by atoms with Gasteiger partial charge in [0.2, 0.25) is 10.2 Å². The summed E-state index contributed by atoms with van der Waals surface area (Å²) in [4.78, 5) is 73.3. The third-order valence-corrected chi connectivity index (χ3v) is 9.07. The number of alkyl halides is 5. The summed E-state index contributed by atoms with van der Waals surface area (Å²) in [5.41, 5.74) is -5.79. The number of nitrogens with zero attached hydrogens (tertiary/aromatic N) is 2. The van der Waals surface area contributed by atoms with Crippen molar-refractivity contribution in [1.82, 2.24) is 4.98 Å². The maximum absolute atomic E-state index is 13.4. The molecule has 1 aliphatic rings. The van der Waals surface area contributed by atoms with Crippen LogP contribution in [-0.2, 0) is 32.0 Å². The Kier molecular flexibility index (Phi) is 13.7. The Morgan fingerprint density at radius 3 is 1.96 bits per heavy atom. The van der Waals surface area contributed by atoms with Crippen LogP contribution >= 0.6 is 23.5 Å². The van der Waals surface area contributed by atoms with Crippen molar-refractivity contribution >= 4 is 66.6 Å². The van der Waals surface area contributed by atoms with Crippen molar-refractivity contribution in [2.24, 2.45) is 11.8 Å². The van der Waals surface area contributed by atoms with Crippen LogP contribution in [0.2, 0.25) is 0 Å². The zero-order valence-electron chi connectivity index (χ0n) is 26.0. The number of hydrogen-bond donors (Lipinski definition) is 0. The highest BCUT2D eigenvalue weighted by Crippen LogP contribution is 2.39. The lowest BCUT2D eigenvalue weighted by Crippen LogP contribution is -2.35. The molecule has 0 unspecified atom stereocenters. The fourth-order valence-corrected chi connectivity index (χ4v) is 6.23. The standard InChI is InChI=1S/C15H16F5NO2S2.C14H13NO7S/c1-6(2)5-7-8(13(22)24-3)10(12(16)17)21-11(15(18,19)20)9(7)14(23)25-4;1-23(21,22)8-5-6-9(10(7-8)15(19)20)14(18)13-11(16)3-2-4-12(13)17/h6,12H,5H2,1-4H3;5-7,13H,2-4H2,1H3. The summed E-state index contributed by atoms with van der Waals surface area (Å²) in [5, 5.41) is 9.33. The largest absolute Gasteiger partial charge is 0.434 e. The minimum Gasteiger partial charge on any atom is -0.298 e. The number of ketones is 3. The van der Waals surface area contributed by atoms with Crippen molar-refractivity contribution in [2.75, 3.05) is 18.8 Å². The van der Waals surface area contributed by atoms with E-state index in [1.807, 2.05) is 0 Å². The number of sulfone groups is 1. The second-order valence-electron chi connectivity index (χ2n) is 10.7. The van der Waals surface area contributed by atoms with Gasteiger partial charge in [-0.3, -0.25) is 34.1 Å². The van der Waals surface area contributed by atoms with E-state index in [-0.39, 0.29) is 35.6 Å². The number of carbonyl (C=O) groups is 5. The Bertz CT molecular complexity index is 1750. The molecule has 3 rings (SSSR count). The molecule has 1 aliphatic carbocycles. The average molecular weight is 741 g/mol. The fraction of sp³-hybridized carbons (Fsp3) is 0.448. The first kappa shape index (κ1) is 40.6. The van der Waals surface area contributed by atoms with Gasteiger partial charge in [-0.15, -0.1) is 0 Å². The van der Waals surface area contributed by atoms with Gasteiger partial charge in [-0.25, -0.2) is 22.2 Å². The molecule has 2 aromatic rings. The van der Waals surface area contributed by atoms with Crippen LogP contribution in [0.1, 0.15) is 87.6 Å². The van der Waals surface area contributed by atoms with Crippen molar-refractivity contribution < 1.29 is 59.3 Å². The van der Waals surface area contributed by atoms with Gasteiger partial charge in [0.1, 0.15) is 11.6 Å². The minimum atomic E-state index is -5.10. The van der Waals surface area contributed by atoms with E-state index in [1.165, 1.54) is 12.5 Å². The van der Waals surface area contributed by atoms with Crippen LogP contribution in [-0.4, -0.2) is 64.7 Å². The highest BCUT2D eigenvalue weighted by atomic mass is 32.2. The van der Waals surface area contributed by atoms with Crippen LogP contribution in [0.5, 0.6) is 0 Å². The summed E-state index contributed by atoms with van der Waals surface area (Å²) in [5.74, 6) is -3.88. The summed E-state index contributed by atoms with van der Waals surface area (Å²) >= 11 is 1.09. The van der Waals surface area contributed by atoms with E-state index in [0.717, 1.165) is 24.5 Å². The third-order valence-electron chi connectivity index (χ3n) is 6.81. The number of benzene rings is 1. The molecule has 1 aromatic heterocycles. The summed E-state index contributed by atoms with van der Waals surface area (Å²) in [6.45, 7) is 3.30. The first-order valence-corrected chi connectivity index (χ1v) is 18.1. The normalized spacial score (nSPS) is 14.2. The molecule has 0 saturated heterocycles. The summed E-state index contributed by atoms with van der Waals surface area (Å²) in [7, 11) is -3.70. The topological polar surface area (TPSA) is 176 Å². The van der Waals surface area contributed by atoms with E-state index >= 15 is 0 Å². The molecule has 0 bridgehead atoms. The van der Waals surface area contributed by atoms with Gasteiger partial charge >= 0.3 is 6.18 Å². The molecule has 1 saturated carbocycles. The molecule has 0 radical (unpaired) electrons. The highest BCUT2D eigenvalue weighted by Gasteiger charge is 2.42. The molecule has 0 atom stereocenters. The molecule has 0 aliphatic heterocycles. The number of hydrogen-bond acceptors (Lipinski definition) is 12. The average Bonchev–Trinajstić information content (AvgIpc) is 2.98. The van der Waals surface area contributed by atoms with Gasteiger partial charge in [0.15, 0.2) is 32.9 Å². The Balaban J connectivity index is 0.000000334. The van der Waals surface area contributed by atoms with E-state index in [9.17, 15) is 64.5 Å². The number of pyridine rings is 1. The summed E-state index contributed by atoms with van der Waals surface area (Å²) < 4.78 is 89.7. The molecule has 0 amide bonds. The summed E-state index contributed by atoms with van der Waals surface area (Å²) in [6, 6.07) is 2.79. The van der Waals surface area contributed by atoms with E-state index in [4.69, 9.17) is 0 Å². The SMILES string of the molecule is CS(=O)(=O)c1ccc(C(=O)C2C(=O)CCCC2=O)c([N+](=O)[O-])c1.CSC(=O)c1c(C(F)F)nc(C(F)(F)F)c(C(=O)SC)c1CC(C)C. The van der Waals surface area contributed by atoms with E-state index in [1.54, 1.807) is 13.8 Å². The van der Waals surface area contributed by atoms with Gasteiger partial charge in [-0.2, -0.15) is 13.2 Å². The van der Waals surface area contributed by atoms with Crippen LogP contribution in [0.15, 0.2) is 23.1 Å². The number of rotatable bonds is 9. The molecule has 11 nitrogen and oxygen atoms in total. The number of aromatic nitrogens is 1. The van der Waals surface area contributed by atoms with Crippen molar-refractivity contribution in [3.8, 4) is 0 Å². The fourth-order valence-electron chi connectivity index (χ4n) is 4.74. The van der Waals surface area contributed by atoms with Gasteiger partial charge in [0.05, 0.1) is 26.5 Å². The van der Waals surface area contributed by atoms with Crippen LogP contribution in [0.3, 0.4) is 0 Å². The van der Waals surface area contributed by atoms with E-state index in [0.29, 0.717) is 29.9 Å². The predicted molar refractivity (Wildman–Crippen MR) is 166 cm³/mol. The number of carbonyl (C=O) groups excluding carboxylic acids is 5. The monoisotopic (exact) mass is 740 g/mol. The van der Waals surface area contributed by atoms with Crippen molar-refractivity contribution in [3.63, 3.8) is 0 Å². The molecule has 0 N–H and O–H groups in total. The lowest BCUT2D eigenvalue weighted by atomic mass is 9.81. The van der Waals surface area contributed by atoms with Crippen LogP contribution in [0, 0.1) is 22.0 Å².